The van der Waals surface area contributed by atoms with Crippen molar-refractivity contribution in [1.29, 1.82) is 0 Å². The molecule has 4 heteroatoms. The Kier molecular flexibility index (Phi) is 4.57. The second kappa shape index (κ2) is 6.17. The SMILES string of the molecule is CCn1nccc1C(CCC1CCCC1)NN. The quantitative estimate of drug-likeness (QED) is 0.589. The predicted octanol–water partition coefficient (Wildman–Crippen LogP) is 2.38. The van der Waals surface area contributed by atoms with E-state index in [2.05, 4.69) is 23.5 Å². The highest BCUT2D eigenvalue weighted by atomic mass is 15.3. The lowest BCUT2D eigenvalue weighted by atomic mass is 9.97. The highest BCUT2D eigenvalue weighted by Crippen LogP contribution is 2.31. The van der Waals surface area contributed by atoms with E-state index in [-0.39, 0.29) is 6.04 Å². The van der Waals surface area contributed by atoms with Crippen LogP contribution in [0.2, 0.25) is 0 Å². The number of nitrogens with zero attached hydrogens (tertiary/aromatic N) is 2. The van der Waals surface area contributed by atoms with Crippen LogP contribution in [0.3, 0.4) is 0 Å². The second-order valence-corrected chi connectivity index (χ2v) is 5.02. The normalized spacial score (nSPS) is 18.7. The molecular formula is C13H24N4. The molecule has 17 heavy (non-hydrogen) atoms. The largest absolute Gasteiger partial charge is 0.271 e. The minimum absolute atomic E-state index is 0.248. The van der Waals surface area contributed by atoms with Crippen LogP contribution < -0.4 is 11.3 Å². The van der Waals surface area contributed by atoms with Crippen molar-refractivity contribution in [3.8, 4) is 0 Å². The van der Waals surface area contributed by atoms with Gasteiger partial charge < -0.3 is 0 Å². The summed E-state index contributed by atoms with van der Waals surface area (Å²) in [4.78, 5) is 0. The molecule has 0 bridgehead atoms. The van der Waals surface area contributed by atoms with Crippen molar-refractivity contribution in [2.75, 3.05) is 0 Å². The smallest absolute Gasteiger partial charge is 0.0629 e. The van der Waals surface area contributed by atoms with E-state index in [1.54, 1.807) is 0 Å². The van der Waals surface area contributed by atoms with Gasteiger partial charge in [-0.3, -0.25) is 16.0 Å². The highest BCUT2D eigenvalue weighted by Gasteiger charge is 2.19. The van der Waals surface area contributed by atoms with E-state index in [1.165, 1.54) is 37.8 Å². The third-order valence-corrected chi connectivity index (χ3v) is 3.95. The lowest BCUT2D eigenvalue weighted by molar-refractivity contribution is 0.398. The van der Waals surface area contributed by atoms with Crippen LogP contribution >= 0.6 is 0 Å². The number of aromatic nitrogens is 2. The molecule has 2 rings (SSSR count). The maximum Gasteiger partial charge on any atom is 0.0629 e. The van der Waals surface area contributed by atoms with E-state index in [0.717, 1.165) is 18.9 Å². The predicted molar refractivity (Wildman–Crippen MR) is 69.2 cm³/mol. The fourth-order valence-electron chi connectivity index (χ4n) is 2.92. The molecule has 1 aromatic rings. The maximum absolute atomic E-state index is 5.68. The van der Waals surface area contributed by atoms with Gasteiger partial charge in [0.2, 0.25) is 0 Å². The Morgan fingerprint density at radius 3 is 2.94 bits per heavy atom. The Balaban J connectivity index is 1.91. The lowest BCUT2D eigenvalue weighted by Crippen LogP contribution is -2.30. The van der Waals surface area contributed by atoms with Crippen LogP contribution in [0, 0.1) is 5.92 Å². The molecule has 3 N–H and O–H groups in total. The van der Waals surface area contributed by atoms with Gasteiger partial charge in [-0.05, 0) is 31.7 Å². The average Bonchev–Trinajstić information content (AvgIpc) is 3.00. The van der Waals surface area contributed by atoms with Gasteiger partial charge in [-0.25, -0.2) is 0 Å². The molecule has 96 valence electrons. The number of rotatable bonds is 6. The van der Waals surface area contributed by atoms with Crippen molar-refractivity contribution in [2.24, 2.45) is 11.8 Å². The van der Waals surface area contributed by atoms with E-state index < -0.39 is 0 Å². The van der Waals surface area contributed by atoms with Gasteiger partial charge in [0.1, 0.15) is 0 Å². The second-order valence-electron chi connectivity index (χ2n) is 5.02. The summed E-state index contributed by atoms with van der Waals surface area (Å²) in [6, 6.07) is 2.32. The van der Waals surface area contributed by atoms with Gasteiger partial charge in [-0.1, -0.05) is 25.7 Å². The number of aryl methyl sites for hydroxylation is 1. The minimum Gasteiger partial charge on any atom is -0.271 e. The summed E-state index contributed by atoms with van der Waals surface area (Å²) in [5.74, 6) is 6.60. The van der Waals surface area contributed by atoms with Gasteiger partial charge in [-0.15, -0.1) is 0 Å². The van der Waals surface area contributed by atoms with E-state index >= 15 is 0 Å². The van der Waals surface area contributed by atoms with Gasteiger partial charge >= 0.3 is 0 Å². The monoisotopic (exact) mass is 236 g/mol. The van der Waals surface area contributed by atoms with Gasteiger partial charge in [0.15, 0.2) is 0 Å². The Morgan fingerprint density at radius 1 is 1.53 bits per heavy atom. The first-order chi connectivity index (χ1) is 8.35. The van der Waals surface area contributed by atoms with Gasteiger partial charge in [0, 0.05) is 12.7 Å². The number of hydrazine groups is 1. The highest BCUT2D eigenvalue weighted by molar-refractivity contribution is 5.06. The standard InChI is InChI=1S/C13H24N4/c1-2-17-13(9-10-15-17)12(16-14)8-7-11-5-3-4-6-11/h9-12,16H,2-8,14H2,1H3. The van der Waals surface area contributed by atoms with Crippen LogP contribution in [-0.4, -0.2) is 9.78 Å². The number of nitrogens with two attached hydrogens (primary N) is 1. The molecule has 1 aliphatic carbocycles. The van der Waals surface area contributed by atoms with E-state index in [0.29, 0.717) is 0 Å². The van der Waals surface area contributed by atoms with Crippen molar-refractivity contribution < 1.29 is 0 Å². The van der Waals surface area contributed by atoms with Crippen LogP contribution in [-0.2, 0) is 6.54 Å². The Hall–Kier alpha value is -0.870. The van der Waals surface area contributed by atoms with Gasteiger partial charge in [0.25, 0.3) is 0 Å². The topological polar surface area (TPSA) is 55.9 Å². The third-order valence-electron chi connectivity index (χ3n) is 3.95. The lowest BCUT2D eigenvalue weighted by Gasteiger charge is -2.19. The Labute approximate surface area is 104 Å². The molecule has 0 radical (unpaired) electrons. The van der Waals surface area contributed by atoms with E-state index in [4.69, 9.17) is 5.84 Å². The van der Waals surface area contributed by atoms with E-state index in [9.17, 15) is 0 Å². The number of hydrogen-bond acceptors (Lipinski definition) is 3. The van der Waals surface area contributed by atoms with Gasteiger partial charge in [-0.2, -0.15) is 5.10 Å². The molecule has 1 heterocycles. The first-order valence-corrected chi connectivity index (χ1v) is 6.83. The zero-order valence-electron chi connectivity index (χ0n) is 10.7. The van der Waals surface area contributed by atoms with Gasteiger partial charge in [0.05, 0.1) is 11.7 Å². The number of nitrogens with one attached hydrogen (secondary N) is 1. The minimum atomic E-state index is 0.248. The zero-order valence-corrected chi connectivity index (χ0v) is 10.7. The molecule has 0 aliphatic heterocycles. The van der Waals surface area contributed by atoms with Crippen LogP contribution in [0.4, 0.5) is 0 Å². The molecule has 1 saturated carbocycles. The number of hydrogen-bond donors (Lipinski definition) is 2. The molecule has 1 fully saturated rings. The third kappa shape index (κ3) is 3.07. The average molecular weight is 236 g/mol. The fourth-order valence-corrected chi connectivity index (χ4v) is 2.92. The molecule has 4 nitrogen and oxygen atoms in total. The molecule has 0 aromatic carbocycles. The van der Waals surface area contributed by atoms with Crippen molar-refractivity contribution in [3.05, 3.63) is 18.0 Å². The fraction of sp³-hybridized carbons (Fsp3) is 0.769. The molecular weight excluding hydrogens is 212 g/mol. The summed E-state index contributed by atoms with van der Waals surface area (Å²) in [6.07, 6.45) is 9.90. The summed E-state index contributed by atoms with van der Waals surface area (Å²) < 4.78 is 2.03. The van der Waals surface area contributed by atoms with Crippen molar-refractivity contribution in [1.82, 2.24) is 15.2 Å². The molecule has 1 unspecified atom stereocenters. The summed E-state index contributed by atoms with van der Waals surface area (Å²) in [5, 5.41) is 4.30. The molecule has 0 spiro atoms. The Morgan fingerprint density at radius 2 is 2.29 bits per heavy atom. The summed E-state index contributed by atoms with van der Waals surface area (Å²) in [6.45, 7) is 3.02. The van der Waals surface area contributed by atoms with Crippen LogP contribution in [0.5, 0.6) is 0 Å². The van der Waals surface area contributed by atoms with Crippen LogP contribution in [0.1, 0.15) is 57.2 Å². The zero-order chi connectivity index (χ0) is 12.1. The molecule has 0 amide bonds. The van der Waals surface area contributed by atoms with E-state index in [1.807, 2.05) is 10.9 Å². The van der Waals surface area contributed by atoms with Crippen molar-refractivity contribution in [2.45, 2.75) is 58.0 Å². The summed E-state index contributed by atoms with van der Waals surface area (Å²) >= 11 is 0. The molecule has 1 aliphatic rings. The molecule has 1 atom stereocenters. The van der Waals surface area contributed by atoms with Crippen LogP contribution in [0.15, 0.2) is 12.3 Å². The maximum atomic E-state index is 5.68. The summed E-state index contributed by atoms with van der Waals surface area (Å²) in [7, 11) is 0. The Bertz CT molecular complexity index is 328. The molecule has 0 saturated heterocycles. The molecule has 1 aromatic heterocycles. The first kappa shape index (κ1) is 12.6. The van der Waals surface area contributed by atoms with Crippen molar-refractivity contribution >= 4 is 0 Å². The summed E-state index contributed by atoms with van der Waals surface area (Å²) in [5.41, 5.74) is 4.16. The first-order valence-electron chi connectivity index (χ1n) is 6.83. The van der Waals surface area contributed by atoms with Crippen LogP contribution in [0.25, 0.3) is 0 Å². The van der Waals surface area contributed by atoms with Crippen molar-refractivity contribution in [3.63, 3.8) is 0 Å².